The van der Waals surface area contributed by atoms with Crippen molar-refractivity contribution >= 4 is 5.91 Å². The number of likely N-dealkylation sites (N-methyl/N-ethyl adjacent to an activating group) is 1. The van der Waals surface area contributed by atoms with Gasteiger partial charge in [-0.1, -0.05) is 19.8 Å². The fraction of sp³-hybridized carbons (Fsp3) is 0.929. The van der Waals surface area contributed by atoms with Crippen LogP contribution in [-0.4, -0.2) is 37.0 Å². The average molecular weight is 238 g/mol. The Bertz CT molecular complexity index is 273. The first kappa shape index (κ1) is 12.9. The van der Waals surface area contributed by atoms with Crippen molar-refractivity contribution in [3.05, 3.63) is 0 Å². The number of likely N-dealkylation sites (tertiary alicyclic amines) is 1. The molecule has 0 aromatic carbocycles. The number of amides is 1. The lowest BCUT2D eigenvalue weighted by atomic mass is 9.65. The Morgan fingerprint density at radius 3 is 2.71 bits per heavy atom. The number of carbonyl (C=O) groups is 1. The van der Waals surface area contributed by atoms with Crippen molar-refractivity contribution in [2.75, 3.05) is 20.1 Å². The van der Waals surface area contributed by atoms with E-state index in [-0.39, 0.29) is 5.41 Å². The van der Waals surface area contributed by atoms with E-state index in [1.54, 1.807) is 0 Å². The summed E-state index contributed by atoms with van der Waals surface area (Å²) in [7, 11) is 2.00. The largest absolute Gasteiger partial charge is 0.341 e. The van der Waals surface area contributed by atoms with Crippen molar-refractivity contribution in [1.29, 1.82) is 0 Å². The third kappa shape index (κ3) is 2.49. The smallest absolute Gasteiger partial charge is 0.228 e. The highest BCUT2D eigenvalue weighted by molar-refractivity contribution is 5.83. The minimum Gasteiger partial charge on any atom is -0.341 e. The maximum Gasteiger partial charge on any atom is 0.228 e. The fourth-order valence-corrected chi connectivity index (χ4v) is 3.39. The standard InChI is InChI=1S/C14H26N2O/c1-3-7-14(8-5-9-14)13(17)16-10-4-6-12(11-16)15-2/h12,15H,3-11H2,1-2H3. The zero-order chi connectivity index (χ0) is 12.3. The summed E-state index contributed by atoms with van der Waals surface area (Å²) < 4.78 is 0. The minimum absolute atomic E-state index is 0.0321. The van der Waals surface area contributed by atoms with Gasteiger partial charge in [-0.2, -0.15) is 0 Å². The van der Waals surface area contributed by atoms with Crippen LogP contribution < -0.4 is 5.32 Å². The number of nitrogens with zero attached hydrogens (tertiary/aromatic N) is 1. The third-order valence-electron chi connectivity index (χ3n) is 4.61. The molecule has 1 aliphatic heterocycles. The molecule has 98 valence electrons. The zero-order valence-electron chi connectivity index (χ0n) is 11.3. The van der Waals surface area contributed by atoms with Crippen molar-refractivity contribution in [2.24, 2.45) is 5.41 Å². The molecule has 1 unspecified atom stereocenters. The molecule has 2 aliphatic rings. The number of hydrogen-bond acceptors (Lipinski definition) is 2. The molecule has 0 aromatic heterocycles. The van der Waals surface area contributed by atoms with Gasteiger partial charge in [0.15, 0.2) is 0 Å². The summed E-state index contributed by atoms with van der Waals surface area (Å²) in [6.45, 7) is 4.09. The molecule has 2 fully saturated rings. The van der Waals surface area contributed by atoms with Gasteiger partial charge in [0.05, 0.1) is 0 Å². The molecular weight excluding hydrogens is 212 g/mol. The van der Waals surface area contributed by atoms with E-state index in [4.69, 9.17) is 0 Å². The van der Waals surface area contributed by atoms with Gasteiger partial charge in [-0.3, -0.25) is 4.79 Å². The van der Waals surface area contributed by atoms with E-state index in [9.17, 15) is 4.79 Å². The van der Waals surface area contributed by atoms with E-state index in [2.05, 4.69) is 17.1 Å². The quantitative estimate of drug-likeness (QED) is 0.814. The maximum absolute atomic E-state index is 12.7. The van der Waals surface area contributed by atoms with Crippen LogP contribution in [0.5, 0.6) is 0 Å². The Labute approximate surface area is 105 Å². The number of hydrogen-bond donors (Lipinski definition) is 1. The van der Waals surface area contributed by atoms with Crippen molar-refractivity contribution in [2.45, 2.75) is 57.9 Å². The van der Waals surface area contributed by atoms with Gasteiger partial charge in [-0.15, -0.1) is 0 Å². The van der Waals surface area contributed by atoms with Crippen molar-refractivity contribution in [3.8, 4) is 0 Å². The lowest BCUT2D eigenvalue weighted by molar-refractivity contribution is -0.149. The molecule has 17 heavy (non-hydrogen) atoms. The Kier molecular flexibility index (Phi) is 4.08. The Morgan fingerprint density at radius 2 is 2.18 bits per heavy atom. The highest BCUT2D eigenvalue weighted by Gasteiger charge is 2.45. The summed E-state index contributed by atoms with van der Waals surface area (Å²) in [5, 5.41) is 3.31. The number of rotatable bonds is 4. The van der Waals surface area contributed by atoms with Crippen LogP contribution in [0, 0.1) is 5.41 Å². The third-order valence-corrected chi connectivity index (χ3v) is 4.61. The van der Waals surface area contributed by atoms with Crippen LogP contribution in [0.15, 0.2) is 0 Å². The van der Waals surface area contributed by atoms with Gasteiger partial charge < -0.3 is 10.2 Å². The van der Waals surface area contributed by atoms with Crippen molar-refractivity contribution < 1.29 is 4.79 Å². The molecule has 3 nitrogen and oxygen atoms in total. The Hall–Kier alpha value is -0.570. The number of nitrogens with one attached hydrogen (secondary N) is 1. The van der Waals surface area contributed by atoms with Crippen LogP contribution >= 0.6 is 0 Å². The molecule has 1 atom stereocenters. The van der Waals surface area contributed by atoms with Crippen LogP contribution in [0.3, 0.4) is 0 Å². The fourth-order valence-electron chi connectivity index (χ4n) is 3.39. The minimum atomic E-state index is 0.0321. The average Bonchev–Trinajstić information content (AvgIpc) is 2.33. The molecule has 0 spiro atoms. The predicted octanol–water partition coefficient (Wildman–Crippen LogP) is 2.17. The molecule has 1 aliphatic carbocycles. The lowest BCUT2D eigenvalue weighted by Gasteiger charge is -2.45. The van der Waals surface area contributed by atoms with Crippen molar-refractivity contribution in [3.63, 3.8) is 0 Å². The SMILES string of the molecule is CCCC1(C(=O)N2CCCC(NC)C2)CCC1. The summed E-state index contributed by atoms with van der Waals surface area (Å²) in [6.07, 6.45) is 8.08. The highest BCUT2D eigenvalue weighted by atomic mass is 16.2. The predicted molar refractivity (Wildman–Crippen MR) is 69.9 cm³/mol. The summed E-state index contributed by atoms with van der Waals surface area (Å²) in [4.78, 5) is 14.8. The van der Waals surface area contributed by atoms with Gasteiger partial charge >= 0.3 is 0 Å². The van der Waals surface area contributed by atoms with Crippen LogP contribution in [0.1, 0.15) is 51.9 Å². The molecule has 1 saturated carbocycles. The molecule has 1 N–H and O–H groups in total. The van der Waals surface area contributed by atoms with Gasteiger partial charge in [0.25, 0.3) is 0 Å². The number of carbonyl (C=O) groups excluding carboxylic acids is 1. The molecule has 1 amide bonds. The topological polar surface area (TPSA) is 32.3 Å². The van der Waals surface area contributed by atoms with Crippen molar-refractivity contribution in [1.82, 2.24) is 10.2 Å². The second-order valence-corrected chi connectivity index (χ2v) is 5.76. The van der Waals surface area contributed by atoms with E-state index in [0.717, 1.165) is 45.2 Å². The summed E-state index contributed by atoms with van der Waals surface area (Å²) in [6, 6.07) is 0.506. The molecule has 2 rings (SSSR count). The first-order valence-electron chi connectivity index (χ1n) is 7.18. The molecule has 1 saturated heterocycles. The van der Waals surface area contributed by atoms with Gasteiger partial charge in [0.2, 0.25) is 5.91 Å². The first-order valence-corrected chi connectivity index (χ1v) is 7.18. The second-order valence-electron chi connectivity index (χ2n) is 5.76. The van der Waals surface area contributed by atoms with Gasteiger partial charge in [-0.05, 0) is 39.2 Å². The van der Waals surface area contributed by atoms with Crippen LogP contribution in [0.4, 0.5) is 0 Å². The number of piperidine rings is 1. The summed E-state index contributed by atoms with van der Waals surface area (Å²) in [5.41, 5.74) is 0.0321. The van der Waals surface area contributed by atoms with Gasteiger partial charge in [0.1, 0.15) is 0 Å². The van der Waals surface area contributed by atoms with E-state index >= 15 is 0 Å². The molecule has 0 radical (unpaired) electrons. The normalized spacial score (nSPS) is 27.6. The van der Waals surface area contributed by atoms with E-state index in [1.165, 1.54) is 12.8 Å². The molecular formula is C14H26N2O. The lowest BCUT2D eigenvalue weighted by Crippen LogP contribution is -2.54. The van der Waals surface area contributed by atoms with Crippen LogP contribution in [0.2, 0.25) is 0 Å². The second kappa shape index (κ2) is 5.38. The highest BCUT2D eigenvalue weighted by Crippen LogP contribution is 2.46. The molecule has 3 heteroatoms. The zero-order valence-corrected chi connectivity index (χ0v) is 11.3. The summed E-state index contributed by atoms with van der Waals surface area (Å²) in [5.74, 6) is 0.450. The molecule has 0 aromatic rings. The van der Waals surface area contributed by atoms with E-state index in [0.29, 0.717) is 11.9 Å². The van der Waals surface area contributed by atoms with Gasteiger partial charge in [0, 0.05) is 24.5 Å². The summed E-state index contributed by atoms with van der Waals surface area (Å²) >= 11 is 0. The monoisotopic (exact) mass is 238 g/mol. The van der Waals surface area contributed by atoms with E-state index in [1.807, 2.05) is 7.05 Å². The van der Waals surface area contributed by atoms with Gasteiger partial charge in [-0.25, -0.2) is 0 Å². The Morgan fingerprint density at radius 1 is 1.41 bits per heavy atom. The molecule has 0 bridgehead atoms. The van der Waals surface area contributed by atoms with Crippen LogP contribution in [-0.2, 0) is 4.79 Å². The maximum atomic E-state index is 12.7. The Balaban J connectivity index is 1.98. The van der Waals surface area contributed by atoms with Crippen LogP contribution in [0.25, 0.3) is 0 Å². The van der Waals surface area contributed by atoms with E-state index < -0.39 is 0 Å². The molecule has 1 heterocycles. The first-order chi connectivity index (χ1) is 8.22.